The Morgan fingerprint density at radius 1 is 1.16 bits per heavy atom. The maximum atomic E-state index is 13.5. The summed E-state index contributed by atoms with van der Waals surface area (Å²) in [6, 6.07) is 14.2. The van der Waals surface area contributed by atoms with Gasteiger partial charge in [0.25, 0.3) is 5.91 Å². The van der Waals surface area contributed by atoms with Gasteiger partial charge in [0.1, 0.15) is 12.2 Å². The molecule has 0 saturated carbocycles. The third-order valence-electron chi connectivity index (χ3n) is 4.95. The Morgan fingerprint density at radius 3 is 2.44 bits per heavy atom. The first-order chi connectivity index (χ1) is 15.0. The molecule has 1 N–H and O–H groups in total. The highest BCUT2D eigenvalue weighted by atomic mass is 79.9. The molecule has 168 valence electrons. The first-order valence-electron chi connectivity index (χ1n) is 9.95. The van der Waals surface area contributed by atoms with Crippen molar-refractivity contribution in [1.82, 2.24) is 5.32 Å². The van der Waals surface area contributed by atoms with Gasteiger partial charge in [0.05, 0.1) is 11.3 Å². The number of hydrogen-bond donors (Lipinski definition) is 1. The summed E-state index contributed by atoms with van der Waals surface area (Å²) in [6.45, 7) is 8.98. The Morgan fingerprint density at radius 2 is 1.81 bits per heavy atom. The van der Waals surface area contributed by atoms with Crippen molar-refractivity contribution in [3.63, 3.8) is 0 Å². The van der Waals surface area contributed by atoms with Gasteiger partial charge in [0, 0.05) is 17.1 Å². The highest BCUT2D eigenvalue weighted by molar-refractivity contribution is 9.10. The van der Waals surface area contributed by atoms with E-state index in [0.29, 0.717) is 11.3 Å². The van der Waals surface area contributed by atoms with Crippen molar-refractivity contribution in [3.8, 4) is 0 Å². The van der Waals surface area contributed by atoms with Gasteiger partial charge in [-0.1, -0.05) is 58.9 Å². The highest BCUT2D eigenvalue weighted by Gasteiger charge is 2.56. The standard InChI is InChI=1S/C24H25BrN2O5/c1-15(20(28)31-14-16-9-7-6-8-10-16)24(26-22(30)32-23(2,3)4)18-12-11-17(25)13-19(18)27(5)21(24)29/h6-13H,1,14H2,2-5H3,(H,26,30)/t24-/m0/s1. The number of hydrogen-bond acceptors (Lipinski definition) is 5. The Bertz CT molecular complexity index is 1080. The normalized spacial score (nSPS) is 17.5. The fourth-order valence-corrected chi connectivity index (χ4v) is 3.83. The predicted octanol–water partition coefficient (Wildman–Crippen LogP) is 4.45. The number of fused-ring (bicyclic) bond motifs is 1. The minimum Gasteiger partial charge on any atom is -0.457 e. The van der Waals surface area contributed by atoms with Crippen LogP contribution in [0.25, 0.3) is 0 Å². The molecule has 1 aliphatic heterocycles. The van der Waals surface area contributed by atoms with E-state index in [0.717, 1.165) is 10.0 Å². The van der Waals surface area contributed by atoms with E-state index >= 15 is 0 Å². The number of halogens is 1. The van der Waals surface area contributed by atoms with E-state index in [1.165, 1.54) is 4.90 Å². The molecule has 32 heavy (non-hydrogen) atoms. The number of carbonyl (C=O) groups is 3. The number of ether oxygens (including phenoxy) is 2. The maximum Gasteiger partial charge on any atom is 0.409 e. The minimum atomic E-state index is -1.86. The summed E-state index contributed by atoms with van der Waals surface area (Å²) in [5.41, 5.74) is -1.17. The quantitative estimate of drug-likeness (QED) is 0.484. The van der Waals surface area contributed by atoms with E-state index in [9.17, 15) is 14.4 Å². The molecule has 0 unspecified atom stereocenters. The number of rotatable bonds is 5. The molecule has 0 aliphatic carbocycles. The molecule has 0 radical (unpaired) electrons. The zero-order valence-corrected chi connectivity index (χ0v) is 20.0. The van der Waals surface area contributed by atoms with Crippen molar-refractivity contribution in [2.45, 2.75) is 38.5 Å². The molecule has 0 saturated heterocycles. The van der Waals surface area contributed by atoms with Crippen LogP contribution in [0.1, 0.15) is 31.9 Å². The molecule has 7 nitrogen and oxygen atoms in total. The number of esters is 1. The fraction of sp³-hybridized carbons (Fsp3) is 0.292. The summed E-state index contributed by atoms with van der Waals surface area (Å²) in [5, 5.41) is 2.62. The molecule has 2 aromatic rings. The maximum absolute atomic E-state index is 13.5. The molecule has 2 amide bonds. The van der Waals surface area contributed by atoms with Crippen molar-refractivity contribution in [1.29, 1.82) is 0 Å². The average Bonchev–Trinajstić information content (AvgIpc) is 2.93. The van der Waals surface area contributed by atoms with E-state index in [2.05, 4.69) is 27.8 Å². The lowest BCUT2D eigenvalue weighted by molar-refractivity contribution is -0.142. The molecule has 0 fully saturated rings. The largest absolute Gasteiger partial charge is 0.457 e. The molecule has 0 bridgehead atoms. The van der Waals surface area contributed by atoms with E-state index < -0.39 is 29.1 Å². The van der Waals surface area contributed by atoms with Crippen LogP contribution in [0, 0.1) is 0 Å². The van der Waals surface area contributed by atoms with Crippen LogP contribution in [-0.4, -0.2) is 30.6 Å². The van der Waals surface area contributed by atoms with Crippen LogP contribution >= 0.6 is 15.9 Å². The van der Waals surface area contributed by atoms with Gasteiger partial charge < -0.3 is 14.4 Å². The van der Waals surface area contributed by atoms with Gasteiger partial charge in [-0.15, -0.1) is 0 Å². The van der Waals surface area contributed by atoms with E-state index in [1.54, 1.807) is 46.0 Å². The second kappa shape index (κ2) is 8.78. The van der Waals surface area contributed by atoms with Crippen LogP contribution in [0.5, 0.6) is 0 Å². The third kappa shape index (κ3) is 4.55. The summed E-state index contributed by atoms with van der Waals surface area (Å²) in [6.07, 6.45) is -0.855. The van der Waals surface area contributed by atoms with Gasteiger partial charge >= 0.3 is 12.1 Å². The number of benzene rings is 2. The predicted molar refractivity (Wildman–Crippen MR) is 124 cm³/mol. The van der Waals surface area contributed by atoms with Gasteiger partial charge in [-0.05, 0) is 38.5 Å². The molecule has 1 heterocycles. The van der Waals surface area contributed by atoms with Crippen molar-refractivity contribution < 1.29 is 23.9 Å². The minimum absolute atomic E-state index is 0.00155. The SMILES string of the molecule is C=C(C(=O)OCc1ccccc1)[C@@]1(NC(=O)OC(C)(C)C)C(=O)N(C)c2cc(Br)ccc21. The van der Waals surface area contributed by atoms with Crippen LogP contribution < -0.4 is 10.2 Å². The third-order valence-corrected chi connectivity index (χ3v) is 5.44. The van der Waals surface area contributed by atoms with Gasteiger partial charge in [0.2, 0.25) is 0 Å². The number of nitrogens with zero attached hydrogens (tertiary/aromatic N) is 1. The van der Waals surface area contributed by atoms with Gasteiger partial charge in [-0.25, -0.2) is 9.59 Å². The fourth-order valence-electron chi connectivity index (χ4n) is 3.48. The van der Waals surface area contributed by atoms with Crippen LogP contribution in [-0.2, 0) is 31.2 Å². The zero-order valence-electron chi connectivity index (χ0n) is 18.4. The van der Waals surface area contributed by atoms with E-state index in [1.807, 2.05) is 30.3 Å². The number of amides is 2. The summed E-state index contributed by atoms with van der Waals surface area (Å²) < 4.78 is 11.5. The lowest BCUT2D eigenvalue weighted by Crippen LogP contribution is -2.56. The van der Waals surface area contributed by atoms with Crippen molar-refractivity contribution >= 4 is 39.6 Å². The molecule has 0 aromatic heterocycles. The second-order valence-electron chi connectivity index (χ2n) is 8.44. The zero-order chi connectivity index (χ0) is 23.7. The number of likely N-dealkylation sites (N-methyl/N-ethyl adjacent to an activating group) is 1. The van der Waals surface area contributed by atoms with Gasteiger partial charge in [0.15, 0.2) is 5.54 Å². The number of alkyl carbamates (subject to hydrolysis) is 1. The molecule has 2 aromatic carbocycles. The molecule has 3 rings (SSSR count). The monoisotopic (exact) mass is 500 g/mol. The molecule has 0 spiro atoms. The Labute approximate surface area is 195 Å². The first kappa shape index (κ1) is 23.5. The molecule has 1 aliphatic rings. The molecular formula is C24H25BrN2O5. The topological polar surface area (TPSA) is 84.9 Å². The Balaban J connectivity index is 2.00. The van der Waals surface area contributed by atoms with Crippen LogP contribution in [0.3, 0.4) is 0 Å². The number of anilines is 1. The lowest BCUT2D eigenvalue weighted by Gasteiger charge is -2.31. The molecule has 1 atom stereocenters. The summed E-state index contributed by atoms with van der Waals surface area (Å²) >= 11 is 3.39. The number of carbonyl (C=O) groups excluding carboxylic acids is 3. The van der Waals surface area contributed by atoms with Crippen LogP contribution in [0.2, 0.25) is 0 Å². The van der Waals surface area contributed by atoms with Crippen LogP contribution in [0.4, 0.5) is 10.5 Å². The molecule has 8 heteroatoms. The summed E-state index contributed by atoms with van der Waals surface area (Å²) in [5.74, 6) is -1.35. The van der Waals surface area contributed by atoms with Crippen LogP contribution in [0.15, 0.2) is 65.2 Å². The van der Waals surface area contributed by atoms with Crippen molar-refractivity contribution in [3.05, 3.63) is 76.3 Å². The Kier molecular flexibility index (Phi) is 6.46. The van der Waals surface area contributed by atoms with Gasteiger partial charge in [-0.3, -0.25) is 10.1 Å². The lowest BCUT2D eigenvalue weighted by atomic mass is 9.84. The second-order valence-corrected chi connectivity index (χ2v) is 9.36. The Hall–Kier alpha value is -3.13. The summed E-state index contributed by atoms with van der Waals surface area (Å²) in [4.78, 5) is 40.6. The summed E-state index contributed by atoms with van der Waals surface area (Å²) in [7, 11) is 1.56. The van der Waals surface area contributed by atoms with E-state index in [-0.39, 0.29) is 12.2 Å². The first-order valence-corrected chi connectivity index (χ1v) is 10.7. The van der Waals surface area contributed by atoms with E-state index in [4.69, 9.17) is 9.47 Å². The average molecular weight is 501 g/mol. The van der Waals surface area contributed by atoms with Crippen molar-refractivity contribution in [2.24, 2.45) is 0 Å². The number of nitrogens with one attached hydrogen (secondary N) is 1. The highest BCUT2D eigenvalue weighted by Crippen LogP contribution is 2.45. The molecular weight excluding hydrogens is 476 g/mol. The van der Waals surface area contributed by atoms with Crippen molar-refractivity contribution in [2.75, 3.05) is 11.9 Å². The smallest absolute Gasteiger partial charge is 0.409 e. The van der Waals surface area contributed by atoms with Gasteiger partial charge in [-0.2, -0.15) is 0 Å².